The third-order valence-corrected chi connectivity index (χ3v) is 2.87. The van der Waals surface area contributed by atoms with Gasteiger partial charge in [-0.3, -0.25) is 0 Å². The molecule has 0 atom stereocenters. The minimum absolute atomic E-state index is 0.384. The van der Waals surface area contributed by atoms with Crippen molar-refractivity contribution in [2.45, 2.75) is 6.42 Å². The van der Waals surface area contributed by atoms with Crippen molar-refractivity contribution < 1.29 is 8.78 Å². The van der Waals surface area contributed by atoms with E-state index in [1.807, 2.05) is 0 Å². The molecule has 0 fully saturated rings. The Morgan fingerprint density at radius 2 is 1.90 bits per heavy atom. The molecule has 0 unspecified atom stereocenters. The van der Waals surface area contributed by atoms with Crippen molar-refractivity contribution in [2.24, 2.45) is 0 Å². The fraction of sp³-hybridized carbons (Fsp3) is 0.231. The Kier molecular flexibility index (Phi) is 4.68. The molecule has 0 aliphatic rings. The van der Waals surface area contributed by atoms with E-state index in [4.69, 9.17) is 11.6 Å². The zero-order valence-electron chi connectivity index (χ0n) is 10.8. The summed E-state index contributed by atoms with van der Waals surface area (Å²) in [5, 5.41) is 6.19. The van der Waals surface area contributed by atoms with Crippen molar-refractivity contribution >= 4 is 23.4 Å². The average molecular weight is 299 g/mol. The van der Waals surface area contributed by atoms with Gasteiger partial charge in [-0.05, 0) is 24.1 Å². The Bertz CT molecular complexity index is 587. The van der Waals surface area contributed by atoms with E-state index in [0.29, 0.717) is 35.3 Å². The first-order valence-corrected chi connectivity index (χ1v) is 6.35. The van der Waals surface area contributed by atoms with Crippen molar-refractivity contribution in [1.82, 2.24) is 9.97 Å². The van der Waals surface area contributed by atoms with Crippen LogP contribution >= 0.6 is 11.6 Å². The lowest BCUT2D eigenvalue weighted by Crippen LogP contribution is -2.09. The predicted molar refractivity (Wildman–Crippen MR) is 75.1 cm³/mol. The van der Waals surface area contributed by atoms with Gasteiger partial charge in [0.05, 0.1) is 6.20 Å². The van der Waals surface area contributed by atoms with Gasteiger partial charge in [0.15, 0.2) is 0 Å². The quantitative estimate of drug-likeness (QED) is 0.890. The molecule has 0 aliphatic heterocycles. The van der Waals surface area contributed by atoms with E-state index >= 15 is 0 Å². The van der Waals surface area contributed by atoms with Crippen LogP contribution in [0.1, 0.15) is 5.56 Å². The molecule has 1 heterocycles. The Morgan fingerprint density at radius 3 is 2.55 bits per heavy atom. The maximum atomic E-state index is 13.0. The first-order chi connectivity index (χ1) is 9.58. The maximum Gasteiger partial charge on any atom is 0.224 e. The molecule has 2 N–H and O–H groups in total. The van der Waals surface area contributed by atoms with E-state index < -0.39 is 11.6 Å². The van der Waals surface area contributed by atoms with Gasteiger partial charge in [-0.2, -0.15) is 4.98 Å². The van der Waals surface area contributed by atoms with Gasteiger partial charge in [0, 0.05) is 19.7 Å². The lowest BCUT2D eigenvalue weighted by Gasteiger charge is -2.08. The summed E-state index contributed by atoms with van der Waals surface area (Å²) in [6.45, 7) is 0.447. The highest BCUT2D eigenvalue weighted by Crippen LogP contribution is 2.19. The normalized spacial score (nSPS) is 10.4. The number of halogens is 3. The molecule has 0 bridgehead atoms. The van der Waals surface area contributed by atoms with Crippen molar-refractivity contribution in [3.63, 3.8) is 0 Å². The van der Waals surface area contributed by atoms with Crippen LogP contribution < -0.4 is 10.6 Å². The number of aromatic nitrogens is 2. The summed E-state index contributed by atoms with van der Waals surface area (Å²) in [7, 11) is 1.70. The standard InChI is InChI=1S/C13H13ClF2N4/c1-17-13-19-7-11(14)12(20-13)18-3-2-8-4-9(15)6-10(16)5-8/h4-7H,2-3H2,1H3,(H2,17,18,19,20). The van der Waals surface area contributed by atoms with E-state index in [2.05, 4.69) is 20.6 Å². The number of benzene rings is 1. The number of anilines is 2. The molecule has 0 radical (unpaired) electrons. The minimum atomic E-state index is -0.586. The first kappa shape index (κ1) is 14.5. The second-order valence-corrected chi connectivity index (χ2v) is 4.50. The van der Waals surface area contributed by atoms with Crippen molar-refractivity contribution in [3.05, 3.63) is 46.6 Å². The molecular weight excluding hydrogens is 286 g/mol. The van der Waals surface area contributed by atoms with Crippen LogP contribution in [0, 0.1) is 11.6 Å². The SMILES string of the molecule is CNc1ncc(Cl)c(NCCc2cc(F)cc(F)c2)n1. The van der Waals surface area contributed by atoms with Gasteiger partial charge >= 0.3 is 0 Å². The number of rotatable bonds is 5. The molecule has 0 amide bonds. The van der Waals surface area contributed by atoms with Crippen LogP contribution in [0.5, 0.6) is 0 Å². The van der Waals surface area contributed by atoms with Gasteiger partial charge in [-0.25, -0.2) is 13.8 Å². The average Bonchev–Trinajstić information content (AvgIpc) is 2.40. The summed E-state index contributed by atoms with van der Waals surface area (Å²) in [6, 6.07) is 3.44. The van der Waals surface area contributed by atoms with E-state index in [9.17, 15) is 8.78 Å². The van der Waals surface area contributed by atoms with Crippen LogP contribution in [0.2, 0.25) is 5.02 Å². The first-order valence-electron chi connectivity index (χ1n) is 5.97. The topological polar surface area (TPSA) is 49.8 Å². The minimum Gasteiger partial charge on any atom is -0.368 e. The fourth-order valence-electron chi connectivity index (χ4n) is 1.69. The molecule has 2 aromatic rings. The Labute approximate surface area is 120 Å². The van der Waals surface area contributed by atoms with Crippen LogP contribution in [0.25, 0.3) is 0 Å². The molecule has 0 saturated heterocycles. The molecule has 0 saturated carbocycles. The fourth-order valence-corrected chi connectivity index (χ4v) is 1.85. The summed E-state index contributed by atoms with van der Waals surface area (Å²) >= 11 is 5.95. The molecule has 7 heteroatoms. The van der Waals surface area contributed by atoms with E-state index in [0.717, 1.165) is 6.07 Å². The molecule has 1 aromatic carbocycles. The van der Waals surface area contributed by atoms with Gasteiger partial charge in [-0.15, -0.1) is 0 Å². The van der Waals surface area contributed by atoms with Gasteiger partial charge in [0.2, 0.25) is 5.95 Å². The highest BCUT2D eigenvalue weighted by Gasteiger charge is 2.05. The molecule has 106 valence electrons. The van der Waals surface area contributed by atoms with Crippen LogP contribution in [0.3, 0.4) is 0 Å². The summed E-state index contributed by atoms with van der Waals surface area (Å²) in [5.41, 5.74) is 0.564. The third kappa shape index (κ3) is 3.77. The van der Waals surface area contributed by atoms with Crippen LogP contribution in [0.4, 0.5) is 20.5 Å². The van der Waals surface area contributed by atoms with E-state index in [1.165, 1.54) is 18.3 Å². The number of hydrogen-bond donors (Lipinski definition) is 2. The third-order valence-electron chi connectivity index (χ3n) is 2.60. The lowest BCUT2D eigenvalue weighted by atomic mass is 10.1. The van der Waals surface area contributed by atoms with Crippen molar-refractivity contribution in [2.75, 3.05) is 24.2 Å². The van der Waals surface area contributed by atoms with Crippen molar-refractivity contribution in [1.29, 1.82) is 0 Å². The molecular formula is C13H13ClF2N4. The van der Waals surface area contributed by atoms with E-state index in [1.54, 1.807) is 7.05 Å². The zero-order valence-corrected chi connectivity index (χ0v) is 11.5. The molecule has 1 aromatic heterocycles. The summed E-state index contributed by atoms with van der Waals surface area (Å²) in [4.78, 5) is 8.10. The molecule has 0 aliphatic carbocycles. The summed E-state index contributed by atoms with van der Waals surface area (Å²) < 4.78 is 26.1. The summed E-state index contributed by atoms with van der Waals surface area (Å²) in [6.07, 6.45) is 1.93. The van der Waals surface area contributed by atoms with Gasteiger partial charge < -0.3 is 10.6 Å². The van der Waals surface area contributed by atoms with Gasteiger partial charge in [0.25, 0.3) is 0 Å². The Balaban J connectivity index is 1.99. The van der Waals surface area contributed by atoms with Crippen LogP contribution in [-0.2, 0) is 6.42 Å². The van der Waals surface area contributed by atoms with Gasteiger partial charge in [0.1, 0.15) is 22.5 Å². The molecule has 4 nitrogen and oxygen atoms in total. The number of hydrogen-bond acceptors (Lipinski definition) is 4. The largest absolute Gasteiger partial charge is 0.368 e. The number of nitrogens with zero attached hydrogens (tertiary/aromatic N) is 2. The highest BCUT2D eigenvalue weighted by molar-refractivity contribution is 6.32. The number of nitrogens with one attached hydrogen (secondary N) is 2. The predicted octanol–water partition coefficient (Wildman–Crippen LogP) is 3.10. The molecule has 20 heavy (non-hydrogen) atoms. The monoisotopic (exact) mass is 298 g/mol. The molecule has 2 rings (SSSR count). The van der Waals surface area contributed by atoms with E-state index in [-0.39, 0.29) is 0 Å². The second-order valence-electron chi connectivity index (χ2n) is 4.09. The summed E-state index contributed by atoms with van der Waals surface area (Å²) in [5.74, 6) is -0.258. The second kappa shape index (κ2) is 6.47. The Morgan fingerprint density at radius 1 is 1.20 bits per heavy atom. The highest BCUT2D eigenvalue weighted by atomic mass is 35.5. The smallest absolute Gasteiger partial charge is 0.224 e. The maximum absolute atomic E-state index is 13.0. The van der Waals surface area contributed by atoms with Crippen LogP contribution in [0.15, 0.2) is 24.4 Å². The molecule has 0 spiro atoms. The van der Waals surface area contributed by atoms with Crippen LogP contribution in [-0.4, -0.2) is 23.6 Å². The lowest BCUT2D eigenvalue weighted by molar-refractivity contribution is 0.580. The zero-order chi connectivity index (χ0) is 14.5. The van der Waals surface area contributed by atoms with Crippen molar-refractivity contribution in [3.8, 4) is 0 Å². The Hall–Kier alpha value is -1.95. The van der Waals surface area contributed by atoms with Gasteiger partial charge in [-0.1, -0.05) is 11.6 Å².